The van der Waals surface area contributed by atoms with Crippen LogP contribution in [0.1, 0.15) is 11.3 Å². The molecule has 3 N–H and O–H groups in total. The number of carbonyl (C=O) groups is 4. The summed E-state index contributed by atoms with van der Waals surface area (Å²) >= 11 is 1.84. The summed E-state index contributed by atoms with van der Waals surface area (Å²) in [4.78, 5) is 50.4. The van der Waals surface area contributed by atoms with E-state index in [0.717, 1.165) is 52.2 Å². The fraction of sp³-hybridized carbons (Fsp3) is 0.667. The molecule has 1 aromatic rings. The molecule has 3 saturated heterocycles. The standard InChI is InChI=1S/C18H28N4OS.3C2HF3O2/c1-19-5-7-22(8-6-19)18(23)16-10-14-11-21(13-17(14)20(16)2)12-15-4-3-9-24-15;3*3-2(4,5)1(6)7/h3-4,9,14,16-17H,5-8,10-13H2,1-2H3;3*(H,6,7)/t14-,16-,17+;;;/m1.../s1. The van der Waals surface area contributed by atoms with Crippen molar-refractivity contribution in [2.75, 3.05) is 53.4 Å². The number of likely N-dealkylation sites (tertiary alicyclic amines) is 2. The molecule has 1 aromatic heterocycles. The number of aliphatic carboxylic acids is 3. The summed E-state index contributed by atoms with van der Waals surface area (Å²) in [7, 11) is 4.30. The fourth-order valence-electron chi connectivity index (χ4n) is 4.58. The van der Waals surface area contributed by atoms with Gasteiger partial charge in [0.15, 0.2) is 0 Å². The van der Waals surface area contributed by atoms with E-state index >= 15 is 0 Å². The minimum Gasteiger partial charge on any atom is -0.475 e. The van der Waals surface area contributed by atoms with Crippen LogP contribution in [0, 0.1) is 5.92 Å². The summed E-state index contributed by atoms with van der Waals surface area (Å²) in [5, 5.41) is 23.5. The number of rotatable bonds is 3. The summed E-state index contributed by atoms with van der Waals surface area (Å²) in [5.41, 5.74) is 0. The Labute approximate surface area is 254 Å². The number of carboxylic acid groups (broad SMARTS) is 3. The maximum Gasteiger partial charge on any atom is 0.490 e. The maximum absolute atomic E-state index is 12.9. The van der Waals surface area contributed by atoms with E-state index in [1.807, 2.05) is 11.3 Å². The summed E-state index contributed by atoms with van der Waals surface area (Å²) in [6.07, 6.45) is -14.2. The summed E-state index contributed by atoms with van der Waals surface area (Å²) < 4.78 is 95.2. The molecule has 0 bridgehead atoms. The quantitative estimate of drug-likeness (QED) is 0.406. The van der Waals surface area contributed by atoms with Crippen LogP contribution in [0.2, 0.25) is 0 Å². The fourth-order valence-corrected chi connectivity index (χ4v) is 5.33. The van der Waals surface area contributed by atoms with Crippen LogP contribution in [0.15, 0.2) is 17.5 Å². The third-order valence-electron chi connectivity index (χ3n) is 6.81. The summed E-state index contributed by atoms with van der Waals surface area (Å²) in [6, 6.07) is 5.01. The Kier molecular flexibility index (Phi) is 14.5. The van der Waals surface area contributed by atoms with E-state index in [1.54, 1.807) is 0 Å². The lowest BCUT2D eigenvalue weighted by Crippen LogP contribution is -2.53. The monoisotopic (exact) mass is 690 g/mol. The van der Waals surface area contributed by atoms with E-state index in [0.29, 0.717) is 17.9 Å². The van der Waals surface area contributed by atoms with Crippen LogP contribution < -0.4 is 0 Å². The predicted molar refractivity (Wildman–Crippen MR) is 138 cm³/mol. The largest absolute Gasteiger partial charge is 0.490 e. The van der Waals surface area contributed by atoms with Gasteiger partial charge in [-0.3, -0.25) is 14.6 Å². The van der Waals surface area contributed by atoms with E-state index in [4.69, 9.17) is 29.7 Å². The zero-order valence-corrected chi connectivity index (χ0v) is 24.5. The molecule has 3 fully saturated rings. The lowest BCUT2D eigenvalue weighted by molar-refractivity contribution is -0.193. The molecular weight excluding hydrogens is 659 g/mol. The first-order chi connectivity index (χ1) is 20.4. The number of fused-ring (bicyclic) bond motifs is 1. The Morgan fingerprint density at radius 3 is 1.60 bits per heavy atom. The molecule has 3 aliphatic heterocycles. The van der Waals surface area contributed by atoms with Gasteiger partial charge in [0.2, 0.25) is 5.91 Å². The van der Waals surface area contributed by atoms with E-state index in [2.05, 4.69) is 51.2 Å². The molecule has 3 aliphatic rings. The van der Waals surface area contributed by atoms with Gasteiger partial charge < -0.3 is 25.1 Å². The Hall–Kier alpha value is -3.17. The SMILES string of the molecule is CN1CCN(C(=O)[C@H]2C[C@@H]3CN(Cc4cccs4)C[C@@H]3N2C)CC1.O=C(O)C(F)(F)F.O=C(O)C(F)(F)F.O=C(O)C(F)(F)F. The Balaban J connectivity index is 0.000000396. The van der Waals surface area contributed by atoms with Crippen molar-refractivity contribution in [3.8, 4) is 0 Å². The molecule has 45 heavy (non-hydrogen) atoms. The Morgan fingerprint density at radius 2 is 1.24 bits per heavy atom. The van der Waals surface area contributed by atoms with Crippen molar-refractivity contribution in [2.24, 2.45) is 5.92 Å². The average Bonchev–Trinajstić information content (AvgIpc) is 3.62. The Bertz CT molecular complexity index is 1070. The molecule has 1 amide bonds. The molecule has 11 nitrogen and oxygen atoms in total. The highest BCUT2D eigenvalue weighted by Gasteiger charge is 2.48. The van der Waals surface area contributed by atoms with Crippen LogP contribution in [0.4, 0.5) is 39.5 Å². The third-order valence-corrected chi connectivity index (χ3v) is 7.67. The van der Waals surface area contributed by atoms with Gasteiger partial charge >= 0.3 is 36.4 Å². The van der Waals surface area contributed by atoms with Crippen LogP contribution in [-0.4, -0.2) is 143 Å². The zero-order valence-electron chi connectivity index (χ0n) is 23.7. The smallest absolute Gasteiger partial charge is 0.475 e. The van der Waals surface area contributed by atoms with Gasteiger partial charge in [-0.15, -0.1) is 11.3 Å². The number of halogens is 9. The van der Waals surface area contributed by atoms with Gasteiger partial charge in [0, 0.05) is 56.7 Å². The highest BCUT2D eigenvalue weighted by molar-refractivity contribution is 7.09. The second-order valence-electron chi connectivity index (χ2n) is 10.1. The molecule has 21 heteroatoms. The highest BCUT2D eigenvalue weighted by atomic mass is 32.1. The number of alkyl halides is 9. The van der Waals surface area contributed by atoms with Gasteiger partial charge in [0.1, 0.15) is 0 Å². The van der Waals surface area contributed by atoms with Crippen molar-refractivity contribution < 1.29 is 74.0 Å². The number of hydrogen-bond donors (Lipinski definition) is 3. The normalized spacial score (nSPS) is 22.6. The van der Waals surface area contributed by atoms with Gasteiger partial charge in [-0.2, -0.15) is 39.5 Å². The highest BCUT2D eigenvalue weighted by Crippen LogP contribution is 2.36. The molecule has 4 heterocycles. The van der Waals surface area contributed by atoms with Crippen molar-refractivity contribution >= 4 is 35.2 Å². The van der Waals surface area contributed by atoms with Crippen LogP contribution in [0.3, 0.4) is 0 Å². The predicted octanol–water partition coefficient (Wildman–Crippen LogP) is 2.93. The number of piperazine rings is 1. The van der Waals surface area contributed by atoms with Crippen molar-refractivity contribution in [1.29, 1.82) is 0 Å². The van der Waals surface area contributed by atoms with Crippen molar-refractivity contribution in [3.63, 3.8) is 0 Å². The molecule has 0 spiro atoms. The number of hydrogen-bond acceptors (Lipinski definition) is 8. The summed E-state index contributed by atoms with van der Waals surface area (Å²) in [6.45, 7) is 7.09. The number of amides is 1. The van der Waals surface area contributed by atoms with Crippen molar-refractivity contribution in [2.45, 2.75) is 43.6 Å². The van der Waals surface area contributed by atoms with Gasteiger partial charge in [0.25, 0.3) is 0 Å². The molecule has 0 saturated carbocycles. The number of thiophene rings is 1. The Morgan fingerprint density at radius 1 is 0.800 bits per heavy atom. The zero-order chi connectivity index (χ0) is 34.9. The second-order valence-corrected chi connectivity index (χ2v) is 11.1. The van der Waals surface area contributed by atoms with Gasteiger partial charge in [-0.25, -0.2) is 14.4 Å². The van der Waals surface area contributed by atoms with Crippen LogP contribution >= 0.6 is 11.3 Å². The number of nitrogens with zero attached hydrogens (tertiary/aromatic N) is 4. The van der Waals surface area contributed by atoms with E-state index in [-0.39, 0.29) is 6.04 Å². The average molecular weight is 691 g/mol. The van der Waals surface area contributed by atoms with Crippen LogP contribution in [0.25, 0.3) is 0 Å². The molecular formula is C24H31F9N4O7S. The molecule has 3 atom stereocenters. The topological polar surface area (TPSA) is 142 Å². The lowest BCUT2D eigenvalue weighted by Gasteiger charge is -2.36. The second kappa shape index (κ2) is 16.4. The van der Waals surface area contributed by atoms with Gasteiger partial charge in [-0.1, -0.05) is 6.07 Å². The van der Waals surface area contributed by atoms with Crippen molar-refractivity contribution in [1.82, 2.24) is 19.6 Å². The summed E-state index contributed by atoms with van der Waals surface area (Å²) in [5.74, 6) is -7.26. The van der Waals surface area contributed by atoms with Crippen LogP contribution in [-0.2, 0) is 25.7 Å². The number of carboxylic acids is 3. The molecule has 0 unspecified atom stereocenters. The van der Waals surface area contributed by atoms with Gasteiger partial charge in [0.05, 0.1) is 6.04 Å². The molecule has 0 aliphatic carbocycles. The first-order valence-electron chi connectivity index (χ1n) is 12.8. The molecule has 258 valence electrons. The minimum absolute atomic E-state index is 0.104. The lowest BCUT2D eigenvalue weighted by atomic mass is 10.0. The van der Waals surface area contributed by atoms with E-state index in [1.165, 1.54) is 4.88 Å². The van der Waals surface area contributed by atoms with Gasteiger partial charge in [-0.05, 0) is 37.9 Å². The maximum atomic E-state index is 12.9. The third kappa shape index (κ3) is 13.4. The molecule has 0 aromatic carbocycles. The van der Waals surface area contributed by atoms with E-state index < -0.39 is 36.4 Å². The number of likely N-dealkylation sites (N-methyl/N-ethyl adjacent to an activating group) is 2. The first-order valence-corrected chi connectivity index (χ1v) is 13.7. The minimum atomic E-state index is -5.08. The van der Waals surface area contributed by atoms with Crippen LogP contribution in [0.5, 0.6) is 0 Å². The van der Waals surface area contributed by atoms with E-state index in [9.17, 15) is 44.3 Å². The molecule has 0 radical (unpaired) electrons. The first kappa shape index (κ1) is 39.9. The molecule has 4 rings (SSSR count). The number of carbonyl (C=O) groups excluding carboxylic acids is 1. The van der Waals surface area contributed by atoms with Crippen molar-refractivity contribution in [3.05, 3.63) is 22.4 Å².